The minimum absolute atomic E-state index is 0.0209. The maximum absolute atomic E-state index is 12.1. The molecular formula is C9H17F2N. The lowest BCUT2D eigenvalue weighted by Crippen LogP contribution is -2.39. The molecule has 0 N–H and O–H groups in total. The Labute approximate surface area is 73.1 Å². The zero-order valence-corrected chi connectivity index (χ0v) is 8.19. The standard InChI is InChI=1S/C9H17F2N/c1-7(8(10)11)6-12(5)9(2,3)4/h8H,1,6H2,2-5H3. The fourth-order valence-electron chi connectivity index (χ4n) is 0.611. The lowest BCUT2D eigenvalue weighted by molar-refractivity contribution is 0.146. The minimum atomic E-state index is -2.41. The van der Waals surface area contributed by atoms with E-state index in [9.17, 15) is 8.78 Å². The number of alkyl halides is 2. The second-order valence-electron chi connectivity index (χ2n) is 3.99. The van der Waals surface area contributed by atoms with Crippen molar-refractivity contribution in [3.05, 3.63) is 12.2 Å². The Bertz CT molecular complexity index is 158. The highest BCUT2D eigenvalue weighted by molar-refractivity contribution is 5.01. The summed E-state index contributed by atoms with van der Waals surface area (Å²) in [4.78, 5) is 1.85. The van der Waals surface area contributed by atoms with Crippen molar-refractivity contribution >= 4 is 0 Å². The second kappa shape index (κ2) is 3.99. The second-order valence-corrected chi connectivity index (χ2v) is 3.99. The van der Waals surface area contributed by atoms with Gasteiger partial charge in [-0.2, -0.15) is 0 Å². The maximum atomic E-state index is 12.1. The molecule has 0 bridgehead atoms. The van der Waals surface area contributed by atoms with Crippen LogP contribution in [0.1, 0.15) is 20.8 Å². The average Bonchev–Trinajstić information content (AvgIpc) is 1.85. The summed E-state index contributed by atoms with van der Waals surface area (Å²) in [5, 5.41) is 0. The van der Waals surface area contributed by atoms with Crippen LogP contribution in [0.25, 0.3) is 0 Å². The Balaban J connectivity index is 4.02. The monoisotopic (exact) mass is 177 g/mol. The van der Waals surface area contributed by atoms with Crippen LogP contribution in [0.4, 0.5) is 8.78 Å². The molecule has 0 aliphatic carbocycles. The summed E-state index contributed by atoms with van der Waals surface area (Å²) >= 11 is 0. The summed E-state index contributed by atoms with van der Waals surface area (Å²) < 4.78 is 24.1. The van der Waals surface area contributed by atoms with E-state index >= 15 is 0 Å². The Kier molecular flexibility index (Phi) is 3.84. The van der Waals surface area contributed by atoms with Gasteiger partial charge in [-0.1, -0.05) is 6.58 Å². The van der Waals surface area contributed by atoms with Gasteiger partial charge in [-0.15, -0.1) is 0 Å². The Morgan fingerprint density at radius 2 is 1.83 bits per heavy atom. The third-order valence-corrected chi connectivity index (χ3v) is 1.89. The summed E-state index contributed by atoms with van der Waals surface area (Å²) in [6.45, 7) is 9.50. The molecule has 0 aromatic carbocycles. The number of nitrogens with zero attached hydrogens (tertiary/aromatic N) is 1. The van der Waals surface area contributed by atoms with E-state index in [0.717, 1.165) is 0 Å². The van der Waals surface area contributed by atoms with Crippen molar-refractivity contribution in [2.75, 3.05) is 13.6 Å². The summed E-state index contributed by atoms with van der Waals surface area (Å²) in [6.07, 6.45) is -2.41. The molecule has 0 aliphatic rings. The quantitative estimate of drug-likeness (QED) is 0.599. The van der Waals surface area contributed by atoms with Gasteiger partial charge in [-0.05, 0) is 27.8 Å². The van der Waals surface area contributed by atoms with Crippen molar-refractivity contribution in [3.8, 4) is 0 Å². The fraction of sp³-hybridized carbons (Fsp3) is 0.778. The van der Waals surface area contributed by atoms with E-state index in [1.807, 2.05) is 32.7 Å². The van der Waals surface area contributed by atoms with Gasteiger partial charge in [0.2, 0.25) is 0 Å². The molecule has 0 rings (SSSR count). The first kappa shape index (κ1) is 11.6. The molecule has 0 saturated carbocycles. The van der Waals surface area contributed by atoms with Gasteiger partial charge in [0.05, 0.1) is 0 Å². The largest absolute Gasteiger partial charge is 0.297 e. The van der Waals surface area contributed by atoms with Gasteiger partial charge in [-0.3, -0.25) is 4.90 Å². The Hall–Kier alpha value is -0.440. The number of halogens is 2. The number of likely N-dealkylation sites (N-methyl/N-ethyl adjacent to an activating group) is 1. The van der Waals surface area contributed by atoms with Crippen LogP contribution in [0, 0.1) is 0 Å². The van der Waals surface area contributed by atoms with Crippen LogP contribution in [-0.2, 0) is 0 Å². The summed E-state index contributed by atoms with van der Waals surface area (Å²) in [5.41, 5.74) is -0.106. The van der Waals surface area contributed by atoms with Gasteiger partial charge < -0.3 is 0 Å². The first-order valence-electron chi connectivity index (χ1n) is 3.92. The molecule has 0 radical (unpaired) electrons. The number of hydrogen-bond acceptors (Lipinski definition) is 1. The highest BCUT2D eigenvalue weighted by Gasteiger charge is 2.19. The Morgan fingerprint density at radius 1 is 1.42 bits per heavy atom. The predicted molar refractivity (Wildman–Crippen MR) is 47.5 cm³/mol. The van der Waals surface area contributed by atoms with Crippen molar-refractivity contribution in [3.63, 3.8) is 0 Å². The van der Waals surface area contributed by atoms with E-state index in [-0.39, 0.29) is 17.7 Å². The van der Waals surface area contributed by atoms with Gasteiger partial charge in [-0.25, -0.2) is 8.78 Å². The summed E-state index contributed by atoms with van der Waals surface area (Å²) in [7, 11) is 1.81. The Morgan fingerprint density at radius 3 is 2.08 bits per heavy atom. The predicted octanol–water partition coefficient (Wildman–Crippen LogP) is 2.54. The molecule has 12 heavy (non-hydrogen) atoms. The molecule has 72 valence electrons. The van der Waals surface area contributed by atoms with E-state index in [4.69, 9.17) is 0 Å². The molecule has 0 aromatic rings. The summed E-state index contributed by atoms with van der Waals surface area (Å²) in [5.74, 6) is 0. The minimum Gasteiger partial charge on any atom is -0.297 e. The van der Waals surface area contributed by atoms with Gasteiger partial charge in [0.25, 0.3) is 6.43 Å². The SMILES string of the molecule is C=C(CN(C)C(C)(C)C)C(F)F. The third-order valence-electron chi connectivity index (χ3n) is 1.89. The van der Waals surface area contributed by atoms with Crippen LogP contribution in [0.5, 0.6) is 0 Å². The fourth-order valence-corrected chi connectivity index (χ4v) is 0.611. The molecule has 0 saturated heterocycles. The molecule has 0 aromatic heterocycles. The van der Waals surface area contributed by atoms with Crippen molar-refractivity contribution in [1.29, 1.82) is 0 Å². The molecule has 1 nitrogen and oxygen atoms in total. The molecule has 0 unspecified atom stereocenters. The highest BCUT2D eigenvalue weighted by Crippen LogP contribution is 2.14. The third kappa shape index (κ3) is 3.81. The van der Waals surface area contributed by atoms with E-state index in [0.29, 0.717) is 0 Å². The number of hydrogen-bond donors (Lipinski definition) is 0. The van der Waals surface area contributed by atoms with Crippen LogP contribution in [0.15, 0.2) is 12.2 Å². The maximum Gasteiger partial charge on any atom is 0.260 e. The van der Waals surface area contributed by atoms with Crippen LogP contribution in [0.3, 0.4) is 0 Å². The van der Waals surface area contributed by atoms with E-state index in [2.05, 4.69) is 6.58 Å². The molecule has 0 heterocycles. The molecular weight excluding hydrogens is 160 g/mol. The average molecular weight is 177 g/mol. The van der Waals surface area contributed by atoms with Crippen molar-refractivity contribution < 1.29 is 8.78 Å². The zero-order valence-electron chi connectivity index (χ0n) is 8.19. The van der Waals surface area contributed by atoms with E-state index < -0.39 is 6.43 Å². The van der Waals surface area contributed by atoms with Gasteiger partial charge in [0.1, 0.15) is 0 Å². The molecule has 0 amide bonds. The van der Waals surface area contributed by atoms with Gasteiger partial charge in [0, 0.05) is 17.7 Å². The lowest BCUT2D eigenvalue weighted by atomic mass is 10.1. The molecule has 0 fully saturated rings. The van der Waals surface area contributed by atoms with Gasteiger partial charge >= 0.3 is 0 Å². The van der Waals surface area contributed by atoms with Crippen LogP contribution < -0.4 is 0 Å². The zero-order chi connectivity index (χ0) is 9.94. The van der Waals surface area contributed by atoms with E-state index in [1.165, 1.54) is 0 Å². The number of rotatable bonds is 3. The van der Waals surface area contributed by atoms with E-state index in [1.54, 1.807) is 0 Å². The van der Waals surface area contributed by atoms with Crippen molar-refractivity contribution in [2.24, 2.45) is 0 Å². The first-order valence-corrected chi connectivity index (χ1v) is 3.92. The van der Waals surface area contributed by atoms with Crippen LogP contribution in [0.2, 0.25) is 0 Å². The first-order chi connectivity index (χ1) is 5.25. The molecule has 0 spiro atoms. The highest BCUT2D eigenvalue weighted by atomic mass is 19.3. The smallest absolute Gasteiger partial charge is 0.260 e. The molecule has 0 aliphatic heterocycles. The van der Waals surface area contributed by atoms with Crippen molar-refractivity contribution in [2.45, 2.75) is 32.7 Å². The molecule has 0 atom stereocenters. The summed E-state index contributed by atoms with van der Waals surface area (Å²) in [6, 6.07) is 0. The lowest BCUT2D eigenvalue weighted by Gasteiger charge is -2.32. The van der Waals surface area contributed by atoms with Gasteiger partial charge in [0.15, 0.2) is 0 Å². The van der Waals surface area contributed by atoms with Crippen molar-refractivity contribution in [1.82, 2.24) is 4.90 Å². The topological polar surface area (TPSA) is 3.24 Å². The normalized spacial score (nSPS) is 12.7. The van der Waals surface area contributed by atoms with Crippen LogP contribution >= 0.6 is 0 Å². The van der Waals surface area contributed by atoms with Crippen LogP contribution in [-0.4, -0.2) is 30.5 Å². The molecule has 3 heteroatoms.